The van der Waals surface area contributed by atoms with Gasteiger partial charge in [0, 0.05) is 19.6 Å². The Morgan fingerprint density at radius 3 is 2.23 bits per heavy atom. The van der Waals surface area contributed by atoms with Crippen LogP contribution in [-0.4, -0.2) is 43.4 Å². The standard InChI is InChI=1S/C9H18O4/c1-3-11-9(12-4-2)5-7-8(6-10)13-7/h7-10H,3-6H2,1-2H3/t7?,8-/m1/s1. The zero-order valence-corrected chi connectivity index (χ0v) is 8.23. The van der Waals surface area contributed by atoms with Crippen molar-refractivity contribution in [3.8, 4) is 0 Å². The molecule has 4 heteroatoms. The second kappa shape index (κ2) is 5.54. The quantitative estimate of drug-likeness (QED) is 0.470. The Kier molecular flexibility index (Phi) is 4.66. The lowest BCUT2D eigenvalue weighted by Crippen LogP contribution is -2.20. The monoisotopic (exact) mass is 190 g/mol. The molecular formula is C9H18O4. The zero-order chi connectivity index (χ0) is 9.68. The normalized spacial score (nSPS) is 26.8. The summed E-state index contributed by atoms with van der Waals surface area (Å²) in [6.07, 6.45) is 0.653. The van der Waals surface area contributed by atoms with Crippen LogP contribution >= 0.6 is 0 Å². The van der Waals surface area contributed by atoms with Crippen molar-refractivity contribution in [1.82, 2.24) is 0 Å². The Hall–Kier alpha value is -0.160. The smallest absolute Gasteiger partial charge is 0.160 e. The zero-order valence-electron chi connectivity index (χ0n) is 8.23. The predicted molar refractivity (Wildman–Crippen MR) is 47.4 cm³/mol. The Morgan fingerprint density at radius 1 is 1.23 bits per heavy atom. The van der Waals surface area contributed by atoms with Crippen molar-refractivity contribution >= 4 is 0 Å². The van der Waals surface area contributed by atoms with E-state index in [0.717, 1.165) is 0 Å². The Labute approximate surface area is 78.8 Å². The number of hydrogen-bond acceptors (Lipinski definition) is 4. The van der Waals surface area contributed by atoms with Crippen LogP contribution in [0, 0.1) is 0 Å². The molecule has 1 heterocycles. The van der Waals surface area contributed by atoms with E-state index in [1.165, 1.54) is 0 Å². The van der Waals surface area contributed by atoms with Gasteiger partial charge in [-0.3, -0.25) is 0 Å². The highest BCUT2D eigenvalue weighted by Crippen LogP contribution is 2.27. The summed E-state index contributed by atoms with van der Waals surface area (Å²) in [5.74, 6) is 0. The van der Waals surface area contributed by atoms with Gasteiger partial charge in [0.15, 0.2) is 6.29 Å². The van der Waals surface area contributed by atoms with Gasteiger partial charge in [-0.05, 0) is 13.8 Å². The van der Waals surface area contributed by atoms with E-state index < -0.39 is 0 Å². The SMILES string of the molecule is CCOC(CC1O[C@@H]1CO)OCC. The predicted octanol–water partition coefficient (Wildman–Crippen LogP) is 0.535. The summed E-state index contributed by atoms with van der Waals surface area (Å²) in [6, 6.07) is 0. The van der Waals surface area contributed by atoms with Crippen LogP contribution in [0.25, 0.3) is 0 Å². The van der Waals surface area contributed by atoms with Crippen LogP contribution in [0.4, 0.5) is 0 Å². The molecule has 0 saturated carbocycles. The minimum Gasteiger partial charge on any atom is -0.394 e. The molecule has 13 heavy (non-hydrogen) atoms. The molecule has 1 aliphatic rings. The van der Waals surface area contributed by atoms with Gasteiger partial charge in [0.05, 0.1) is 12.7 Å². The molecule has 0 bridgehead atoms. The molecule has 1 saturated heterocycles. The Morgan fingerprint density at radius 2 is 1.85 bits per heavy atom. The third-order valence-corrected chi connectivity index (χ3v) is 2.00. The third-order valence-electron chi connectivity index (χ3n) is 2.00. The fourth-order valence-electron chi connectivity index (χ4n) is 1.29. The van der Waals surface area contributed by atoms with Gasteiger partial charge in [-0.15, -0.1) is 0 Å². The number of aliphatic hydroxyl groups excluding tert-OH is 1. The van der Waals surface area contributed by atoms with Gasteiger partial charge in [-0.2, -0.15) is 0 Å². The maximum atomic E-state index is 8.74. The molecule has 0 aliphatic carbocycles. The maximum Gasteiger partial charge on any atom is 0.160 e. The third kappa shape index (κ3) is 3.60. The van der Waals surface area contributed by atoms with E-state index in [4.69, 9.17) is 19.3 Å². The van der Waals surface area contributed by atoms with E-state index in [0.29, 0.717) is 19.6 Å². The van der Waals surface area contributed by atoms with E-state index in [-0.39, 0.29) is 25.1 Å². The molecule has 0 aromatic carbocycles. The molecular weight excluding hydrogens is 172 g/mol. The highest BCUT2D eigenvalue weighted by molar-refractivity contribution is 4.84. The Bertz CT molecular complexity index is 134. The number of hydrogen-bond donors (Lipinski definition) is 1. The molecule has 2 atom stereocenters. The Balaban J connectivity index is 2.15. The minimum atomic E-state index is -0.184. The molecule has 0 spiro atoms. The lowest BCUT2D eigenvalue weighted by atomic mass is 10.2. The van der Waals surface area contributed by atoms with Crippen molar-refractivity contribution in [3.05, 3.63) is 0 Å². The van der Waals surface area contributed by atoms with Crippen molar-refractivity contribution in [3.63, 3.8) is 0 Å². The average Bonchev–Trinajstić information content (AvgIpc) is 2.84. The largest absolute Gasteiger partial charge is 0.394 e. The van der Waals surface area contributed by atoms with E-state index >= 15 is 0 Å². The summed E-state index contributed by atoms with van der Waals surface area (Å²) in [5, 5.41) is 8.74. The molecule has 0 amide bonds. The van der Waals surface area contributed by atoms with Gasteiger partial charge in [0.1, 0.15) is 6.10 Å². The van der Waals surface area contributed by atoms with Crippen molar-refractivity contribution in [2.24, 2.45) is 0 Å². The van der Waals surface area contributed by atoms with Crippen LogP contribution in [0.15, 0.2) is 0 Å². The number of epoxide rings is 1. The number of ether oxygens (including phenoxy) is 3. The first kappa shape index (κ1) is 10.9. The first-order valence-corrected chi connectivity index (χ1v) is 4.81. The van der Waals surface area contributed by atoms with Crippen molar-refractivity contribution in [2.75, 3.05) is 19.8 Å². The lowest BCUT2D eigenvalue weighted by Gasteiger charge is -2.15. The molecule has 1 unspecified atom stereocenters. The highest BCUT2D eigenvalue weighted by atomic mass is 16.7. The van der Waals surface area contributed by atoms with E-state index in [9.17, 15) is 0 Å². The minimum absolute atomic E-state index is 0.00316. The van der Waals surface area contributed by atoms with Crippen LogP contribution < -0.4 is 0 Å². The lowest BCUT2D eigenvalue weighted by molar-refractivity contribution is -0.141. The molecule has 1 fully saturated rings. The summed E-state index contributed by atoms with van der Waals surface area (Å²) in [6.45, 7) is 5.24. The van der Waals surface area contributed by atoms with E-state index in [2.05, 4.69) is 0 Å². The van der Waals surface area contributed by atoms with Crippen LogP contribution in [-0.2, 0) is 14.2 Å². The first-order valence-electron chi connectivity index (χ1n) is 4.81. The van der Waals surface area contributed by atoms with Gasteiger partial charge >= 0.3 is 0 Å². The molecule has 1 aliphatic heterocycles. The second-order valence-electron chi connectivity index (χ2n) is 2.97. The molecule has 0 radical (unpaired) electrons. The average molecular weight is 190 g/mol. The molecule has 0 aromatic rings. The van der Waals surface area contributed by atoms with Crippen LogP contribution in [0.3, 0.4) is 0 Å². The van der Waals surface area contributed by atoms with Crippen LogP contribution in [0.1, 0.15) is 20.3 Å². The molecule has 78 valence electrons. The summed E-state index contributed by atoms with van der Waals surface area (Å²) < 4.78 is 15.9. The molecule has 0 aromatic heterocycles. The summed E-state index contributed by atoms with van der Waals surface area (Å²) in [4.78, 5) is 0. The highest BCUT2D eigenvalue weighted by Gasteiger charge is 2.40. The van der Waals surface area contributed by atoms with Crippen molar-refractivity contribution < 1.29 is 19.3 Å². The first-order chi connectivity index (χ1) is 6.31. The maximum absolute atomic E-state index is 8.74. The fraction of sp³-hybridized carbons (Fsp3) is 1.00. The van der Waals surface area contributed by atoms with Crippen molar-refractivity contribution in [1.29, 1.82) is 0 Å². The van der Waals surface area contributed by atoms with Gasteiger partial charge in [0.25, 0.3) is 0 Å². The van der Waals surface area contributed by atoms with Gasteiger partial charge in [0.2, 0.25) is 0 Å². The summed E-state index contributed by atoms with van der Waals surface area (Å²) >= 11 is 0. The molecule has 1 N–H and O–H groups in total. The fourth-order valence-corrected chi connectivity index (χ4v) is 1.29. The van der Waals surface area contributed by atoms with E-state index in [1.807, 2.05) is 13.8 Å². The van der Waals surface area contributed by atoms with Crippen LogP contribution in [0.5, 0.6) is 0 Å². The van der Waals surface area contributed by atoms with E-state index in [1.54, 1.807) is 0 Å². The van der Waals surface area contributed by atoms with Gasteiger partial charge in [-0.1, -0.05) is 0 Å². The molecule has 1 rings (SSSR count). The number of aliphatic hydroxyl groups is 1. The van der Waals surface area contributed by atoms with Gasteiger partial charge in [-0.25, -0.2) is 0 Å². The second-order valence-corrected chi connectivity index (χ2v) is 2.97. The van der Waals surface area contributed by atoms with Gasteiger partial charge < -0.3 is 19.3 Å². The summed E-state index contributed by atoms with van der Waals surface area (Å²) in [7, 11) is 0. The van der Waals surface area contributed by atoms with Crippen LogP contribution in [0.2, 0.25) is 0 Å². The summed E-state index contributed by atoms with van der Waals surface area (Å²) in [5.41, 5.74) is 0. The molecule has 4 nitrogen and oxygen atoms in total. The topological polar surface area (TPSA) is 51.2 Å². The van der Waals surface area contributed by atoms with Crippen molar-refractivity contribution in [2.45, 2.75) is 38.8 Å². The number of rotatable bonds is 7.